The summed E-state index contributed by atoms with van der Waals surface area (Å²) in [4.78, 5) is 0. The van der Waals surface area contributed by atoms with E-state index in [1.54, 1.807) is 0 Å². The van der Waals surface area contributed by atoms with Gasteiger partial charge in [0.1, 0.15) is 2.65 Å². The van der Waals surface area contributed by atoms with E-state index in [2.05, 4.69) is 0 Å². The zero-order valence-electron chi connectivity index (χ0n) is 2.21. The lowest BCUT2D eigenvalue weighted by atomic mass is 11.8. The average Bonchev–Trinajstić information content (AvgIpc) is 0.722. The minimum Gasteiger partial charge on any atom is -0.105 e. The molecule has 0 aromatic heterocycles. The summed E-state index contributed by atoms with van der Waals surface area (Å²) in [7, 11) is 0. The van der Waals surface area contributed by atoms with E-state index in [9.17, 15) is 0 Å². The SMILES string of the molecule is [Al][C](Cl)(Cl)Cl. The molecule has 0 aliphatic heterocycles. The summed E-state index contributed by atoms with van der Waals surface area (Å²) in [5, 5.41) is 0. The van der Waals surface area contributed by atoms with E-state index in [0.717, 1.165) is 0 Å². The van der Waals surface area contributed by atoms with Crippen LogP contribution in [0.25, 0.3) is 0 Å². The molecule has 0 saturated heterocycles. The smallest absolute Gasteiger partial charge is 0.105 e. The van der Waals surface area contributed by atoms with Crippen LogP contribution in [0.3, 0.4) is 0 Å². The molecule has 28 valence electrons. The Bertz CT molecular complexity index is 22.4. The summed E-state index contributed by atoms with van der Waals surface area (Å²) in [6, 6.07) is 0. The molecule has 0 heterocycles. The van der Waals surface area contributed by atoms with Crippen LogP contribution >= 0.6 is 34.8 Å². The van der Waals surface area contributed by atoms with Crippen LogP contribution in [0.4, 0.5) is 0 Å². The van der Waals surface area contributed by atoms with Gasteiger partial charge < -0.3 is 0 Å². The van der Waals surface area contributed by atoms with Gasteiger partial charge in [-0.15, -0.1) is 34.8 Å². The van der Waals surface area contributed by atoms with Crippen LogP contribution in [-0.2, 0) is 0 Å². The van der Waals surface area contributed by atoms with Crippen LogP contribution in [0.2, 0.25) is 0 Å². The van der Waals surface area contributed by atoms with E-state index >= 15 is 0 Å². The van der Waals surface area contributed by atoms with Gasteiger partial charge >= 0.3 is 0 Å². The molecular formula is CAlCl3. The van der Waals surface area contributed by atoms with Gasteiger partial charge in [-0.25, -0.2) is 0 Å². The van der Waals surface area contributed by atoms with Gasteiger partial charge in [0.2, 0.25) is 16.3 Å². The number of hydrogen-bond donors (Lipinski definition) is 0. The van der Waals surface area contributed by atoms with Gasteiger partial charge in [0, 0.05) is 0 Å². The maximum absolute atomic E-state index is 5.02. The molecular weight excluding hydrogens is 145 g/mol. The highest BCUT2D eigenvalue weighted by Gasteiger charge is 2.05. The highest BCUT2D eigenvalue weighted by Crippen LogP contribution is 2.19. The summed E-state index contributed by atoms with van der Waals surface area (Å²) in [6.07, 6.45) is 0. The fourth-order valence-corrected chi connectivity index (χ4v) is 0. The zero-order chi connectivity index (χ0) is 4.50. The Labute approximate surface area is 53.8 Å². The summed E-state index contributed by atoms with van der Waals surface area (Å²) >= 11 is 17.1. The molecule has 0 atom stereocenters. The van der Waals surface area contributed by atoms with E-state index in [-0.39, 0.29) is 0 Å². The molecule has 0 aliphatic rings. The Morgan fingerprint density at radius 3 is 1.20 bits per heavy atom. The number of rotatable bonds is 0. The summed E-state index contributed by atoms with van der Waals surface area (Å²) in [5.41, 5.74) is 0. The molecule has 4 heteroatoms. The van der Waals surface area contributed by atoms with Crippen molar-refractivity contribution in [2.75, 3.05) is 0 Å². The first kappa shape index (κ1) is 6.40. The molecule has 0 aromatic carbocycles. The first-order chi connectivity index (χ1) is 2.00. The van der Waals surface area contributed by atoms with Crippen LogP contribution in [0.1, 0.15) is 0 Å². The number of hydrogen-bond acceptors (Lipinski definition) is 0. The van der Waals surface area contributed by atoms with E-state index in [1.165, 1.54) is 0 Å². The molecule has 2 radical (unpaired) electrons. The molecule has 0 aromatic rings. The van der Waals surface area contributed by atoms with Crippen LogP contribution < -0.4 is 0 Å². The minimum absolute atomic E-state index is 1.17. The van der Waals surface area contributed by atoms with Crippen molar-refractivity contribution in [3.8, 4) is 0 Å². The highest BCUT2D eigenvalue weighted by atomic mass is 35.6. The van der Waals surface area contributed by atoms with Gasteiger partial charge in [-0.1, -0.05) is 0 Å². The molecule has 0 aliphatic carbocycles. The average molecular weight is 145 g/mol. The van der Waals surface area contributed by atoms with Crippen molar-refractivity contribution in [1.29, 1.82) is 0 Å². The number of halogens is 3. The second-order valence-electron chi connectivity index (χ2n) is 0.542. The third-order valence-electron chi connectivity index (χ3n) is 0. The molecule has 0 bridgehead atoms. The van der Waals surface area contributed by atoms with Crippen LogP contribution in [0.5, 0.6) is 0 Å². The van der Waals surface area contributed by atoms with E-state index in [1.807, 2.05) is 16.3 Å². The van der Waals surface area contributed by atoms with Crippen molar-refractivity contribution in [3.63, 3.8) is 0 Å². The maximum Gasteiger partial charge on any atom is 0.211 e. The molecule has 0 fully saturated rings. The predicted octanol–water partition coefficient (Wildman–Crippen LogP) is 1.48. The summed E-state index contributed by atoms with van der Waals surface area (Å²) in [6.45, 7) is 0. The second kappa shape index (κ2) is 1.91. The van der Waals surface area contributed by atoms with Gasteiger partial charge in [0.25, 0.3) is 0 Å². The molecule has 0 spiro atoms. The van der Waals surface area contributed by atoms with Gasteiger partial charge in [-0.3, -0.25) is 0 Å². The van der Waals surface area contributed by atoms with Gasteiger partial charge in [0.05, 0.1) is 0 Å². The number of alkyl halides is 3. The summed E-state index contributed by atoms with van der Waals surface area (Å²) in [5.74, 6) is 0. The molecule has 5 heavy (non-hydrogen) atoms. The van der Waals surface area contributed by atoms with Gasteiger partial charge in [0.15, 0.2) is 0 Å². The minimum atomic E-state index is -1.17. The van der Waals surface area contributed by atoms with Crippen LogP contribution in [-0.4, -0.2) is 18.9 Å². The standard InChI is InChI=1S/CCl3.Al/c2-1(3)4;. The Morgan fingerprint density at radius 2 is 1.20 bits per heavy atom. The summed E-state index contributed by atoms with van der Waals surface area (Å²) < 4.78 is -1.17. The molecule has 0 amide bonds. The lowest BCUT2D eigenvalue weighted by Gasteiger charge is -1.96. The first-order valence-electron chi connectivity index (χ1n) is 0.856. The van der Waals surface area contributed by atoms with Crippen molar-refractivity contribution < 1.29 is 0 Å². The molecule has 0 saturated carbocycles. The topological polar surface area (TPSA) is 0 Å². The Hall–Kier alpha value is 1.40. The van der Waals surface area contributed by atoms with E-state index in [0.29, 0.717) is 0 Å². The van der Waals surface area contributed by atoms with Crippen molar-refractivity contribution >= 4 is 51.1 Å². The van der Waals surface area contributed by atoms with Gasteiger partial charge in [-0.05, 0) is 0 Å². The Morgan fingerprint density at radius 1 is 1.20 bits per heavy atom. The van der Waals surface area contributed by atoms with E-state index < -0.39 is 2.65 Å². The Kier molecular flexibility index (Phi) is 2.45. The van der Waals surface area contributed by atoms with E-state index in [4.69, 9.17) is 34.8 Å². The maximum atomic E-state index is 5.02. The lowest BCUT2D eigenvalue weighted by molar-refractivity contribution is 1.75. The predicted molar refractivity (Wildman–Crippen MR) is 26.0 cm³/mol. The first-order valence-corrected chi connectivity index (χ1v) is 2.57. The quantitative estimate of drug-likeness (QED) is 0.358. The van der Waals surface area contributed by atoms with Crippen molar-refractivity contribution in [2.24, 2.45) is 0 Å². The molecule has 0 unspecified atom stereocenters. The highest BCUT2D eigenvalue weighted by molar-refractivity contribution is 6.81. The fraction of sp³-hybridized carbons (Fsp3) is 1.00. The molecule has 0 N–H and O–H groups in total. The van der Waals surface area contributed by atoms with Crippen LogP contribution in [0.15, 0.2) is 0 Å². The normalized spacial score (nSPS) is 11.8. The van der Waals surface area contributed by atoms with Gasteiger partial charge in [-0.2, -0.15) is 0 Å². The third kappa shape index (κ3) is 31.8. The Balaban J connectivity index is 3.02. The lowest BCUT2D eigenvalue weighted by Crippen LogP contribution is -1.96. The largest absolute Gasteiger partial charge is 0.211 e. The van der Waals surface area contributed by atoms with Crippen molar-refractivity contribution in [2.45, 2.75) is 2.65 Å². The monoisotopic (exact) mass is 144 g/mol. The molecule has 0 rings (SSSR count). The third-order valence-corrected chi connectivity index (χ3v) is 0. The van der Waals surface area contributed by atoms with Crippen molar-refractivity contribution in [3.05, 3.63) is 0 Å². The fourth-order valence-electron chi connectivity index (χ4n) is 0. The van der Waals surface area contributed by atoms with Crippen molar-refractivity contribution in [1.82, 2.24) is 0 Å². The second-order valence-corrected chi connectivity index (χ2v) is 4.87. The molecule has 0 nitrogen and oxygen atoms in total. The zero-order valence-corrected chi connectivity index (χ0v) is 5.63. The van der Waals surface area contributed by atoms with Crippen LogP contribution in [0, 0.1) is 0 Å².